The number of carbonyl (C=O) groups excluding carboxylic acids is 1. The minimum absolute atomic E-state index is 0.00304. The van der Waals surface area contributed by atoms with Crippen LogP contribution in [-0.4, -0.2) is 48.5 Å². The number of amides is 1. The predicted octanol–water partition coefficient (Wildman–Crippen LogP) is 4.31. The molecule has 0 aliphatic carbocycles. The molecule has 0 unspecified atom stereocenters. The largest absolute Gasteiger partial charge is 0.497 e. The molecule has 2 aromatic rings. The van der Waals surface area contributed by atoms with Crippen molar-refractivity contribution in [2.45, 2.75) is 38.8 Å². The molecular weight excluding hydrogens is 379 g/mol. The van der Waals surface area contributed by atoms with E-state index in [1.807, 2.05) is 38.1 Å². The Morgan fingerprint density at radius 1 is 1.13 bits per heavy atom. The van der Waals surface area contributed by atoms with Gasteiger partial charge in [-0.3, -0.25) is 9.69 Å². The molecule has 0 N–H and O–H groups in total. The fourth-order valence-electron chi connectivity index (χ4n) is 5.10. The molecule has 160 valence electrons. The SMILES string of the molecule is COc1ccc([C@@H]2CN(C(=O)C(C)C)[C@H]3CCN(Cc4ccccc4F)C[C@@H]23)cc1. The number of methoxy groups -OCH3 is 1. The van der Waals surface area contributed by atoms with E-state index in [9.17, 15) is 9.18 Å². The summed E-state index contributed by atoms with van der Waals surface area (Å²) in [5.74, 6) is 1.57. The maximum Gasteiger partial charge on any atom is 0.225 e. The standard InChI is InChI=1S/C25H31FN2O2/c1-17(2)25(29)28-16-21(18-8-10-20(30-3)11-9-18)22-15-27(13-12-24(22)28)14-19-6-4-5-7-23(19)26/h4-11,17,21-22,24H,12-16H2,1-3H3/t21-,22-,24-/m0/s1. The molecule has 2 fully saturated rings. The maximum atomic E-state index is 14.2. The first-order valence-electron chi connectivity index (χ1n) is 10.9. The predicted molar refractivity (Wildman–Crippen MR) is 116 cm³/mol. The fourth-order valence-corrected chi connectivity index (χ4v) is 5.10. The van der Waals surface area contributed by atoms with Crippen molar-refractivity contribution in [2.75, 3.05) is 26.7 Å². The van der Waals surface area contributed by atoms with E-state index in [0.717, 1.165) is 37.4 Å². The number of nitrogens with zero attached hydrogens (tertiary/aromatic N) is 2. The van der Waals surface area contributed by atoms with Crippen LogP contribution in [0.15, 0.2) is 48.5 Å². The van der Waals surface area contributed by atoms with Gasteiger partial charge in [-0.1, -0.05) is 44.2 Å². The number of halogens is 1. The van der Waals surface area contributed by atoms with Crippen LogP contribution in [0.5, 0.6) is 5.75 Å². The second kappa shape index (κ2) is 8.76. The topological polar surface area (TPSA) is 32.8 Å². The molecule has 0 bridgehead atoms. The highest BCUT2D eigenvalue weighted by Crippen LogP contribution is 2.42. The smallest absolute Gasteiger partial charge is 0.225 e. The van der Waals surface area contributed by atoms with E-state index in [4.69, 9.17) is 4.74 Å². The third kappa shape index (κ3) is 4.08. The first kappa shape index (κ1) is 20.9. The van der Waals surface area contributed by atoms with Gasteiger partial charge in [0.1, 0.15) is 11.6 Å². The van der Waals surface area contributed by atoms with Gasteiger partial charge >= 0.3 is 0 Å². The highest BCUT2D eigenvalue weighted by molar-refractivity contribution is 5.79. The van der Waals surface area contributed by atoms with Crippen LogP contribution < -0.4 is 4.74 Å². The normalized spacial score (nSPS) is 24.2. The monoisotopic (exact) mass is 410 g/mol. The minimum atomic E-state index is -0.144. The Bertz CT molecular complexity index is 883. The van der Waals surface area contributed by atoms with Gasteiger partial charge in [0.2, 0.25) is 5.91 Å². The second-order valence-electron chi connectivity index (χ2n) is 8.87. The number of hydrogen-bond donors (Lipinski definition) is 0. The number of piperidine rings is 1. The zero-order valence-electron chi connectivity index (χ0n) is 18.1. The van der Waals surface area contributed by atoms with E-state index in [-0.39, 0.29) is 29.6 Å². The van der Waals surface area contributed by atoms with Crippen molar-refractivity contribution in [3.63, 3.8) is 0 Å². The molecule has 2 heterocycles. The first-order valence-corrected chi connectivity index (χ1v) is 10.9. The summed E-state index contributed by atoms with van der Waals surface area (Å²) < 4.78 is 19.5. The Morgan fingerprint density at radius 2 is 1.87 bits per heavy atom. The highest BCUT2D eigenvalue weighted by atomic mass is 19.1. The van der Waals surface area contributed by atoms with E-state index in [1.54, 1.807) is 13.2 Å². The maximum absolute atomic E-state index is 14.2. The summed E-state index contributed by atoms with van der Waals surface area (Å²) in [5.41, 5.74) is 1.99. The molecule has 30 heavy (non-hydrogen) atoms. The number of rotatable bonds is 5. The van der Waals surface area contributed by atoms with Crippen LogP contribution in [0.2, 0.25) is 0 Å². The summed E-state index contributed by atoms with van der Waals surface area (Å²) in [5, 5.41) is 0. The molecule has 2 aliphatic rings. The Kier molecular flexibility index (Phi) is 6.09. The number of hydrogen-bond acceptors (Lipinski definition) is 3. The summed E-state index contributed by atoms with van der Waals surface area (Å²) in [6, 6.07) is 15.5. The van der Waals surface area contributed by atoms with Crippen LogP contribution in [0.4, 0.5) is 4.39 Å². The average Bonchev–Trinajstić information content (AvgIpc) is 3.13. The van der Waals surface area contributed by atoms with Crippen LogP contribution in [0.1, 0.15) is 37.3 Å². The third-order valence-corrected chi connectivity index (χ3v) is 6.69. The fraction of sp³-hybridized carbons (Fsp3) is 0.480. The Labute approximate surface area is 178 Å². The summed E-state index contributed by atoms with van der Waals surface area (Å²) in [7, 11) is 1.67. The zero-order valence-corrected chi connectivity index (χ0v) is 18.1. The van der Waals surface area contributed by atoms with Crippen molar-refractivity contribution < 1.29 is 13.9 Å². The van der Waals surface area contributed by atoms with E-state index >= 15 is 0 Å². The molecule has 1 amide bonds. The number of ether oxygens (including phenoxy) is 1. The van der Waals surface area contributed by atoms with Crippen molar-refractivity contribution >= 4 is 5.91 Å². The quantitative estimate of drug-likeness (QED) is 0.737. The van der Waals surface area contributed by atoms with Gasteiger partial charge in [-0.05, 0) is 30.2 Å². The number of fused-ring (bicyclic) bond motifs is 1. The van der Waals surface area contributed by atoms with Crippen molar-refractivity contribution in [3.8, 4) is 5.75 Å². The average molecular weight is 411 g/mol. The van der Waals surface area contributed by atoms with Gasteiger partial charge in [0.15, 0.2) is 0 Å². The summed E-state index contributed by atoms with van der Waals surface area (Å²) in [4.78, 5) is 17.4. The Hall–Kier alpha value is -2.40. The van der Waals surface area contributed by atoms with Crippen molar-refractivity contribution in [1.82, 2.24) is 9.80 Å². The highest BCUT2D eigenvalue weighted by Gasteiger charge is 2.47. The lowest BCUT2D eigenvalue weighted by atomic mass is 9.81. The summed E-state index contributed by atoms with van der Waals surface area (Å²) >= 11 is 0. The van der Waals surface area contributed by atoms with E-state index in [0.29, 0.717) is 12.5 Å². The Morgan fingerprint density at radius 3 is 2.53 bits per heavy atom. The second-order valence-corrected chi connectivity index (χ2v) is 8.87. The number of carbonyl (C=O) groups is 1. The van der Waals surface area contributed by atoms with Gasteiger partial charge in [-0.2, -0.15) is 0 Å². The van der Waals surface area contributed by atoms with Crippen LogP contribution in [0, 0.1) is 17.7 Å². The van der Waals surface area contributed by atoms with E-state index in [1.165, 1.54) is 11.6 Å². The molecule has 2 aliphatic heterocycles. The third-order valence-electron chi connectivity index (χ3n) is 6.69. The molecule has 2 saturated heterocycles. The van der Waals surface area contributed by atoms with Crippen molar-refractivity contribution in [3.05, 3.63) is 65.5 Å². The van der Waals surface area contributed by atoms with Crippen LogP contribution in [0.25, 0.3) is 0 Å². The molecule has 3 atom stereocenters. The molecule has 2 aromatic carbocycles. The van der Waals surface area contributed by atoms with Crippen LogP contribution in [0.3, 0.4) is 0 Å². The lowest BCUT2D eigenvalue weighted by Gasteiger charge is -2.39. The van der Waals surface area contributed by atoms with Gasteiger partial charge in [-0.25, -0.2) is 4.39 Å². The molecule has 0 saturated carbocycles. The van der Waals surface area contributed by atoms with Gasteiger partial charge in [0, 0.05) is 55.5 Å². The molecule has 4 rings (SSSR count). The molecule has 5 heteroatoms. The lowest BCUT2D eigenvalue weighted by molar-refractivity contribution is -0.136. The molecule has 0 spiro atoms. The van der Waals surface area contributed by atoms with Gasteiger partial charge in [-0.15, -0.1) is 0 Å². The van der Waals surface area contributed by atoms with E-state index in [2.05, 4.69) is 21.9 Å². The first-order chi connectivity index (χ1) is 14.5. The zero-order chi connectivity index (χ0) is 21.3. The number of benzene rings is 2. The van der Waals surface area contributed by atoms with Gasteiger partial charge < -0.3 is 9.64 Å². The van der Waals surface area contributed by atoms with Gasteiger partial charge in [0.05, 0.1) is 7.11 Å². The molecule has 4 nitrogen and oxygen atoms in total. The molecular formula is C25H31FN2O2. The van der Waals surface area contributed by atoms with Crippen molar-refractivity contribution in [1.29, 1.82) is 0 Å². The Balaban J connectivity index is 1.58. The van der Waals surface area contributed by atoms with E-state index < -0.39 is 0 Å². The summed E-state index contributed by atoms with van der Waals surface area (Å²) in [6.07, 6.45) is 0.935. The molecule has 0 aromatic heterocycles. The van der Waals surface area contributed by atoms with Gasteiger partial charge in [0.25, 0.3) is 0 Å². The summed E-state index contributed by atoms with van der Waals surface area (Å²) in [6.45, 7) is 7.08. The molecule has 0 radical (unpaired) electrons. The van der Waals surface area contributed by atoms with Crippen LogP contribution in [-0.2, 0) is 11.3 Å². The van der Waals surface area contributed by atoms with Crippen molar-refractivity contribution in [2.24, 2.45) is 11.8 Å². The lowest BCUT2D eigenvalue weighted by Crippen LogP contribution is -2.48. The van der Waals surface area contributed by atoms with Crippen LogP contribution >= 0.6 is 0 Å². The number of likely N-dealkylation sites (tertiary alicyclic amines) is 2. The minimum Gasteiger partial charge on any atom is -0.497 e.